The number of nitriles is 2. The van der Waals surface area contributed by atoms with Crippen molar-refractivity contribution in [1.29, 1.82) is 10.5 Å². The van der Waals surface area contributed by atoms with Gasteiger partial charge in [-0.3, -0.25) is 0 Å². The fraction of sp³-hybridized carbons (Fsp3) is 0.0952. The minimum absolute atomic E-state index is 0.124. The fourth-order valence-electron chi connectivity index (χ4n) is 2.62. The molecule has 0 aliphatic rings. The molecule has 28 heavy (non-hydrogen) atoms. The summed E-state index contributed by atoms with van der Waals surface area (Å²) in [5.41, 5.74) is 1.79. The second kappa shape index (κ2) is 8.07. The van der Waals surface area contributed by atoms with Crippen LogP contribution < -0.4 is 4.74 Å². The second-order valence-electron chi connectivity index (χ2n) is 5.63. The van der Waals surface area contributed by atoms with Gasteiger partial charge in [-0.2, -0.15) is 10.5 Å². The third-order valence-corrected chi connectivity index (χ3v) is 3.75. The highest BCUT2D eigenvalue weighted by Gasteiger charge is 2.19. The van der Waals surface area contributed by atoms with Gasteiger partial charge in [-0.05, 0) is 42.8 Å². The lowest BCUT2D eigenvalue weighted by Gasteiger charge is -2.04. The van der Waals surface area contributed by atoms with Gasteiger partial charge in [-0.25, -0.2) is 9.18 Å². The Morgan fingerprint density at radius 2 is 1.82 bits per heavy atom. The number of carbonyl (C=O) groups is 1. The van der Waals surface area contributed by atoms with E-state index in [2.05, 4.69) is 0 Å². The molecule has 0 amide bonds. The van der Waals surface area contributed by atoms with E-state index in [9.17, 15) is 9.18 Å². The van der Waals surface area contributed by atoms with Crippen LogP contribution in [-0.2, 0) is 4.74 Å². The van der Waals surface area contributed by atoms with Crippen LogP contribution in [0.5, 0.6) is 5.95 Å². The number of furan rings is 1. The third-order valence-electron chi connectivity index (χ3n) is 3.75. The molecule has 0 saturated carbocycles. The topological polar surface area (TPSA) is 96.2 Å². The van der Waals surface area contributed by atoms with E-state index in [-0.39, 0.29) is 23.9 Å². The molecule has 0 saturated heterocycles. The van der Waals surface area contributed by atoms with Crippen molar-refractivity contribution in [2.75, 3.05) is 6.61 Å². The smallest absolute Gasteiger partial charge is 0.434 e. The van der Waals surface area contributed by atoms with Crippen LogP contribution in [0.4, 0.5) is 9.18 Å². The Balaban J connectivity index is 2.15. The molecular weight excluding hydrogens is 363 g/mol. The SMILES string of the molecule is CCOC(=O)Oc1cc(-c2cc(F)cc(C#N)c2)c(-c2cccc(C#N)c2)o1. The molecule has 2 aromatic carbocycles. The summed E-state index contributed by atoms with van der Waals surface area (Å²) in [5, 5.41) is 18.2. The molecule has 0 unspecified atom stereocenters. The molecule has 0 radical (unpaired) electrons. The largest absolute Gasteiger partial charge is 0.516 e. The summed E-state index contributed by atoms with van der Waals surface area (Å²) in [5.74, 6) is -0.501. The minimum Gasteiger partial charge on any atom is -0.434 e. The normalized spacial score (nSPS) is 10.0. The van der Waals surface area contributed by atoms with Crippen molar-refractivity contribution in [3.8, 4) is 40.5 Å². The molecule has 0 bridgehead atoms. The Hall–Kier alpha value is -4.10. The highest BCUT2D eigenvalue weighted by atomic mass is 19.1. The van der Waals surface area contributed by atoms with E-state index in [0.717, 1.165) is 6.07 Å². The van der Waals surface area contributed by atoms with Crippen LogP contribution in [-0.4, -0.2) is 12.8 Å². The summed E-state index contributed by atoms with van der Waals surface area (Å²) in [6, 6.07) is 15.7. The van der Waals surface area contributed by atoms with E-state index in [1.54, 1.807) is 31.2 Å². The molecule has 138 valence electrons. The maximum Gasteiger partial charge on any atom is 0.516 e. The number of hydrogen-bond acceptors (Lipinski definition) is 6. The number of nitrogens with zero attached hydrogens (tertiary/aromatic N) is 2. The van der Waals surface area contributed by atoms with Gasteiger partial charge in [0.05, 0.1) is 29.9 Å². The molecule has 7 heteroatoms. The summed E-state index contributed by atoms with van der Waals surface area (Å²) in [7, 11) is 0. The second-order valence-corrected chi connectivity index (χ2v) is 5.63. The van der Waals surface area contributed by atoms with Gasteiger partial charge < -0.3 is 13.9 Å². The average molecular weight is 376 g/mol. The maximum atomic E-state index is 13.9. The molecule has 0 aliphatic carbocycles. The van der Waals surface area contributed by atoms with Crippen LogP contribution in [0.2, 0.25) is 0 Å². The van der Waals surface area contributed by atoms with E-state index >= 15 is 0 Å². The minimum atomic E-state index is -0.947. The zero-order chi connectivity index (χ0) is 20.1. The van der Waals surface area contributed by atoms with E-state index in [1.165, 1.54) is 18.2 Å². The first kappa shape index (κ1) is 18.7. The van der Waals surface area contributed by atoms with E-state index in [4.69, 9.17) is 24.4 Å². The molecule has 6 nitrogen and oxygen atoms in total. The number of ether oxygens (including phenoxy) is 2. The van der Waals surface area contributed by atoms with E-state index < -0.39 is 12.0 Å². The van der Waals surface area contributed by atoms with Crippen LogP contribution in [0.15, 0.2) is 52.9 Å². The van der Waals surface area contributed by atoms with Crippen molar-refractivity contribution in [2.45, 2.75) is 6.92 Å². The van der Waals surface area contributed by atoms with Crippen LogP contribution in [0.25, 0.3) is 22.5 Å². The van der Waals surface area contributed by atoms with E-state index in [0.29, 0.717) is 22.3 Å². The number of benzene rings is 2. The summed E-state index contributed by atoms with van der Waals surface area (Å²) in [6.07, 6.45) is -0.947. The van der Waals surface area contributed by atoms with Gasteiger partial charge in [0.15, 0.2) is 0 Å². The van der Waals surface area contributed by atoms with Gasteiger partial charge in [0.25, 0.3) is 5.95 Å². The predicted octanol–water partition coefficient (Wildman–Crippen LogP) is 5.03. The molecule has 3 rings (SSSR count). The number of hydrogen-bond donors (Lipinski definition) is 0. The van der Waals surface area contributed by atoms with Gasteiger partial charge in [0, 0.05) is 17.2 Å². The summed E-state index contributed by atoms with van der Waals surface area (Å²) in [4.78, 5) is 11.6. The van der Waals surface area contributed by atoms with Crippen LogP contribution in [0.3, 0.4) is 0 Å². The summed E-state index contributed by atoms with van der Waals surface area (Å²) >= 11 is 0. The van der Waals surface area contributed by atoms with Gasteiger partial charge in [0.2, 0.25) is 0 Å². The number of carbonyl (C=O) groups excluding carboxylic acids is 1. The standard InChI is InChI=1S/C21H13FN2O4/c1-2-26-21(25)28-19-10-18(16-7-14(12-24)8-17(22)9-16)20(27-19)15-5-3-4-13(6-15)11-23/h3-10H,2H2,1H3. The molecule has 0 fully saturated rings. The first-order valence-electron chi connectivity index (χ1n) is 8.24. The van der Waals surface area contributed by atoms with Crippen molar-refractivity contribution in [3.63, 3.8) is 0 Å². The summed E-state index contributed by atoms with van der Waals surface area (Å²) < 4.78 is 29.3. The highest BCUT2D eigenvalue weighted by Crippen LogP contribution is 2.39. The predicted molar refractivity (Wildman–Crippen MR) is 96.6 cm³/mol. The molecule has 0 N–H and O–H groups in total. The molecule has 3 aromatic rings. The molecule has 0 aliphatic heterocycles. The van der Waals surface area contributed by atoms with Gasteiger partial charge >= 0.3 is 6.16 Å². The Morgan fingerprint density at radius 3 is 2.54 bits per heavy atom. The van der Waals surface area contributed by atoms with E-state index in [1.807, 2.05) is 12.1 Å². The Bertz CT molecular complexity index is 1120. The number of rotatable bonds is 4. The van der Waals surface area contributed by atoms with Gasteiger partial charge in [0.1, 0.15) is 11.6 Å². The average Bonchev–Trinajstić information content (AvgIpc) is 3.11. The molecular formula is C21H13FN2O4. The lowest BCUT2D eigenvalue weighted by atomic mass is 9.99. The summed E-state index contributed by atoms with van der Waals surface area (Å²) in [6.45, 7) is 1.75. The monoisotopic (exact) mass is 376 g/mol. The van der Waals surface area contributed by atoms with Crippen LogP contribution in [0.1, 0.15) is 18.1 Å². The molecule has 1 aromatic heterocycles. The van der Waals surface area contributed by atoms with Crippen molar-refractivity contribution in [2.24, 2.45) is 0 Å². The van der Waals surface area contributed by atoms with Crippen molar-refractivity contribution >= 4 is 6.16 Å². The zero-order valence-corrected chi connectivity index (χ0v) is 14.7. The third kappa shape index (κ3) is 4.00. The van der Waals surface area contributed by atoms with Crippen LogP contribution in [0, 0.1) is 28.5 Å². The zero-order valence-electron chi connectivity index (χ0n) is 14.7. The van der Waals surface area contributed by atoms with Crippen molar-refractivity contribution < 1.29 is 23.1 Å². The number of halogens is 1. The quantitative estimate of drug-likeness (QED) is 0.592. The lowest BCUT2D eigenvalue weighted by Crippen LogP contribution is -2.09. The molecule has 0 atom stereocenters. The lowest BCUT2D eigenvalue weighted by molar-refractivity contribution is 0.0952. The van der Waals surface area contributed by atoms with Crippen molar-refractivity contribution in [3.05, 3.63) is 65.5 Å². The Labute approximate surface area is 160 Å². The Kier molecular flexibility index (Phi) is 5.38. The van der Waals surface area contributed by atoms with Crippen LogP contribution >= 0.6 is 0 Å². The van der Waals surface area contributed by atoms with Crippen molar-refractivity contribution in [1.82, 2.24) is 0 Å². The highest BCUT2D eigenvalue weighted by molar-refractivity contribution is 5.82. The first-order chi connectivity index (χ1) is 13.5. The molecule has 0 spiro atoms. The fourth-order valence-corrected chi connectivity index (χ4v) is 2.62. The molecule has 1 heterocycles. The first-order valence-corrected chi connectivity index (χ1v) is 8.24. The Morgan fingerprint density at radius 1 is 1.07 bits per heavy atom. The van der Waals surface area contributed by atoms with Gasteiger partial charge in [-0.15, -0.1) is 0 Å². The maximum absolute atomic E-state index is 13.9. The van der Waals surface area contributed by atoms with Gasteiger partial charge in [-0.1, -0.05) is 12.1 Å².